The first-order valence-corrected chi connectivity index (χ1v) is 5.65. The van der Waals surface area contributed by atoms with Crippen LogP contribution in [0.3, 0.4) is 0 Å². The Morgan fingerprint density at radius 1 is 1.21 bits per heavy atom. The second-order valence-electron chi connectivity index (χ2n) is 4.16. The Morgan fingerprint density at radius 2 is 1.64 bits per heavy atom. The average molecular weight is 299 g/mol. The number of halogens is 1. The first-order chi connectivity index (χ1) is 6.38. The molecule has 0 atom stereocenters. The van der Waals surface area contributed by atoms with E-state index in [9.17, 15) is 0 Å². The van der Waals surface area contributed by atoms with E-state index in [0.717, 1.165) is 5.56 Å². The summed E-state index contributed by atoms with van der Waals surface area (Å²) in [6.07, 6.45) is 0. The fourth-order valence-corrected chi connectivity index (χ4v) is 1.68. The summed E-state index contributed by atoms with van der Waals surface area (Å²) in [6, 6.07) is 6.55. The molecule has 0 fully saturated rings. The van der Waals surface area contributed by atoms with Crippen molar-refractivity contribution < 1.29 is 0 Å². The van der Waals surface area contributed by atoms with Gasteiger partial charge >= 0.3 is 0 Å². The molecule has 0 amide bonds. The topological polar surface area (TPSA) is 23.8 Å². The zero-order chi connectivity index (χ0) is 10.9. The van der Waals surface area contributed by atoms with Crippen LogP contribution in [0, 0.1) is 28.7 Å². The Balaban J connectivity index is 3.35. The van der Waals surface area contributed by atoms with Crippen molar-refractivity contribution in [3.05, 3.63) is 32.4 Å². The van der Waals surface area contributed by atoms with Crippen molar-refractivity contribution in [2.75, 3.05) is 0 Å². The zero-order valence-corrected chi connectivity index (χ0v) is 11.1. The average Bonchev–Trinajstić information content (AvgIpc) is 2.13. The van der Waals surface area contributed by atoms with Crippen molar-refractivity contribution >= 4 is 22.6 Å². The van der Waals surface area contributed by atoms with Gasteiger partial charge in [0.25, 0.3) is 0 Å². The fourth-order valence-electron chi connectivity index (χ4n) is 1.37. The normalized spacial score (nSPS) is 11.1. The van der Waals surface area contributed by atoms with Crippen LogP contribution >= 0.6 is 22.6 Å². The molecule has 1 rings (SSSR count). The molecule has 0 heterocycles. The SMILES string of the molecule is Cc1cc(C(C)(C)C#N)cc(C)c1I. The minimum Gasteiger partial charge on any atom is -0.197 e. The van der Waals surface area contributed by atoms with Gasteiger partial charge < -0.3 is 0 Å². The minimum absolute atomic E-state index is 0.389. The third-order valence-electron chi connectivity index (χ3n) is 2.44. The van der Waals surface area contributed by atoms with Gasteiger partial charge in [0, 0.05) is 3.57 Å². The summed E-state index contributed by atoms with van der Waals surface area (Å²) in [5.74, 6) is 0. The quantitative estimate of drug-likeness (QED) is 0.725. The van der Waals surface area contributed by atoms with Crippen molar-refractivity contribution in [1.29, 1.82) is 5.26 Å². The van der Waals surface area contributed by atoms with Crippen LogP contribution in [0.1, 0.15) is 30.5 Å². The molecule has 0 radical (unpaired) electrons. The van der Waals surface area contributed by atoms with Crippen molar-refractivity contribution in [1.82, 2.24) is 0 Å². The molecule has 0 aliphatic rings. The van der Waals surface area contributed by atoms with Gasteiger partial charge in [-0.3, -0.25) is 0 Å². The summed E-state index contributed by atoms with van der Waals surface area (Å²) >= 11 is 2.34. The number of benzene rings is 1. The summed E-state index contributed by atoms with van der Waals surface area (Å²) < 4.78 is 1.29. The molecule has 2 heteroatoms. The third-order valence-corrected chi connectivity index (χ3v) is 4.14. The molecule has 0 unspecified atom stereocenters. The highest BCUT2D eigenvalue weighted by Gasteiger charge is 2.20. The predicted molar refractivity (Wildman–Crippen MR) is 67.3 cm³/mol. The molecular weight excluding hydrogens is 285 g/mol. The lowest BCUT2D eigenvalue weighted by Gasteiger charge is -2.18. The largest absolute Gasteiger partial charge is 0.197 e. The maximum absolute atomic E-state index is 9.05. The van der Waals surface area contributed by atoms with Crippen LogP contribution < -0.4 is 0 Å². The molecule has 0 spiro atoms. The Kier molecular flexibility index (Phi) is 3.20. The molecule has 1 aromatic carbocycles. The lowest BCUT2D eigenvalue weighted by atomic mass is 9.85. The van der Waals surface area contributed by atoms with E-state index < -0.39 is 0 Å². The van der Waals surface area contributed by atoms with E-state index in [1.807, 2.05) is 13.8 Å². The molecule has 0 N–H and O–H groups in total. The van der Waals surface area contributed by atoms with Crippen molar-refractivity contribution in [2.24, 2.45) is 0 Å². The van der Waals surface area contributed by atoms with Crippen LogP contribution in [0.15, 0.2) is 12.1 Å². The lowest BCUT2D eigenvalue weighted by molar-refractivity contribution is 0.685. The predicted octanol–water partition coefficient (Wildman–Crippen LogP) is 3.71. The molecule has 14 heavy (non-hydrogen) atoms. The molecular formula is C12H14IN. The zero-order valence-electron chi connectivity index (χ0n) is 8.98. The Hall–Kier alpha value is -0.560. The van der Waals surface area contributed by atoms with Crippen LogP contribution in [0.25, 0.3) is 0 Å². The Labute approximate surface area is 99.3 Å². The van der Waals surface area contributed by atoms with Gasteiger partial charge in [-0.1, -0.05) is 12.1 Å². The number of hydrogen-bond donors (Lipinski definition) is 0. The van der Waals surface area contributed by atoms with Crippen molar-refractivity contribution in [2.45, 2.75) is 33.1 Å². The monoisotopic (exact) mass is 299 g/mol. The van der Waals surface area contributed by atoms with Gasteiger partial charge in [-0.2, -0.15) is 5.26 Å². The van der Waals surface area contributed by atoms with E-state index in [1.165, 1.54) is 14.7 Å². The van der Waals surface area contributed by atoms with Crippen LogP contribution in [0.2, 0.25) is 0 Å². The van der Waals surface area contributed by atoms with Crippen LogP contribution in [-0.4, -0.2) is 0 Å². The highest BCUT2D eigenvalue weighted by Crippen LogP contribution is 2.27. The van der Waals surface area contributed by atoms with Gasteiger partial charge in [0.1, 0.15) is 0 Å². The maximum Gasteiger partial charge on any atom is 0.0766 e. The number of rotatable bonds is 1. The van der Waals surface area contributed by atoms with Crippen molar-refractivity contribution in [3.8, 4) is 6.07 Å². The molecule has 0 aromatic heterocycles. The van der Waals surface area contributed by atoms with E-state index >= 15 is 0 Å². The van der Waals surface area contributed by atoms with Crippen LogP contribution in [-0.2, 0) is 5.41 Å². The minimum atomic E-state index is -0.389. The lowest BCUT2D eigenvalue weighted by Crippen LogP contribution is -2.14. The molecule has 0 bridgehead atoms. The number of aryl methyl sites for hydroxylation is 2. The van der Waals surface area contributed by atoms with Gasteiger partial charge in [-0.05, 0) is 67.0 Å². The van der Waals surface area contributed by atoms with E-state index in [-0.39, 0.29) is 5.41 Å². The first kappa shape index (κ1) is 11.5. The number of nitriles is 1. The van der Waals surface area contributed by atoms with Gasteiger partial charge in [-0.15, -0.1) is 0 Å². The Bertz CT molecular complexity index is 376. The smallest absolute Gasteiger partial charge is 0.0766 e. The molecule has 0 saturated heterocycles. The first-order valence-electron chi connectivity index (χ1n) is 4.57. The summed E-state index contributed by atoms with van der Waals surface area (Å²) in [4.78, 5) is 0. The van der Waals surface area contributed by atoms with E-state index in [2.05, 4.69) is 54.6 Å². The third kappa shape index (κ3) is 2.09. The van der Waals surface area contributed by atoms with Gasteiger partial charge in [-0.25, -0.2) is 0 Å². The second kappa shape index (κ2) is 3.90. The standard InChI is InChI=1S/C12H14IN/c1-8-5-10(12(3,4)7-14)6-9(2)11(8)13/h5-6H,1-4H3. The highest BCUT2D eigenvalue weighted by atomic mass is 127. The molecule has 0 aliphatic heterocycles. The Morgan fingerprint density at radius 3 is 2.00 bits per heavy atom. The summed E-state index contributed by atoms with van der Waals surface area (Å²) in [6.45, 7) is 8.08. The molecule has 1 nitrogen and oxygen atoms in total. The molecule has 0 aliphatic carbocycles. The summed E-state index contributed by atoms with van der Waals surface area (Å²) in [5.41, 5.74) is 3.23. The van der Waals surface area contributed by atoms with Gasteiger partial charge in [0.15, 0.2) is 0 Å². The maximum atomic E-state index is 9.05. The fraction of sp³-hybridized carbons (Fsp3) is 0.417. The van der Waals surface area contributed by atoms with E-state index in [4.69, 9.17) is 5.26 Å². The summed E-state index contributed by atoms with van der Waals surface area (Å²) in [7, 11) is 0. The molecule has 74 valence electrons. The summed E-state index contributed by atoms with van der Waals surface area (Å²) in [5, 5.41) is 9.05. The van der Waals surface area contributed by atoms with Crippen LogP contribution in [0.4, 0.5) is 0 Å². The highest BCUT2D eigenvalue weighted by molar-refractivity contribution is 14.1. The number of nitrogens with zero attached hydrogens (tertiary/aromatic N) is 1. The molecule has 0 saturated carbocycles. The van der Waals surface area contributed by atoms with E-state index in [1.54, 1.807) is 0 Å². The number of hydrogen-bond acceptors (Lipinski definition) is 1. The van der Waals surface area contributed by atoms with Crippen molar-refractivity contribution in [3.63, 3.8) is 0 Å². The molecule has 1 aromatic rings. The second-order valence-corrected chi connectivity index (χ2v) is 5.24. The van der Waals surface area contributed by atoms with E-state index in [0.29, 0.717) is 0 Å². The van der Waals surface area contributed by atoms with Crippen LogP contribution in [0.5, 0.6) is 0 Å². The van der Waals surface area contributed by atoms with Gasteiger partial charge in [0.05, 0.1) is 11.5 Å². The van der Waals surface area contributed by atoms with Gasteiger partial charge in [0.2, 0.25) is 0 Å².